The van der Waals surface area contributed by atoms with Gasteiger partial charge in [0, 0.05) is 36.3 Å². The molecule has 0 unspecified atom stereocenters. The lowest BCUT2D eigenvalue weighted by molar-refractivity contribution is 0.0962. The van der Waals surface area contributed by atoms with Crippen LogP contribution < -0.4 is 10.9 Å². The molecule has 27 heavy (non-hydrogen) atoms. The number of nitrogens with zero attached hydrogens (tertiary/aromatic N) is 2. The fourth-order valence-corrected chi connectivity index (χ4v) is 3.55. The van der Waals surface area contributed by atoms with Gasteiger partial charge in [0.15, 0.2) is 0 Å². The molecule has 0 saturated heterocycles. The van der Waals surface area contributed by atoms with Crippen molar-refractivity contribution < 1.29 is 13.2 Å². The minimum Gasteiger partial charge on any atom is -0.298 e. The van der Waals surface area contributed by atoms with Crippen molar-refractivity contribution in [1.29, 1.82) is 0 Å². The topological polar surface area (TPSA) is 91.4 Å². The first-order chi connectivity index (χ1) is 12.8. The molecule has 9 heteroatoms. The van der Waals surface area contributed by atoms with E-state index in [1.807, 2.05) is 0 Å². The lowest BCUT2D eigenvalue weighted by Gasteiger charge is -2.13. The number of carbonyl (C=O) groups is 1. The van der Waals surface area contributed by atoms with Crippen LogP contribution >= 0.6 is 11.6 Å². The van der Waals surface area contributed by atoms with E-state index < -0.39 is 15.9 Å². The number of carbonyl (C=O) groups excluding carboxylic acids is 1. The zero-order valence-corrected chi connectivity index (χ0v) is 16.2. The Bertz CT molecular complexity index is 1120. The molecule has 0 spiro atoms. The molecule has 1 heterocycles. The lowest BCUT2D eigenvalue weighted by Crippen LogP contribution is -2.30. The van der Waals surface area contributed by atoms with Crippen molar-refractivity contribution in [3.05, 3.63) is 65.3 Å². The zero-order chi connectivity index (χ0) is 19.6. The Hall–Kier alpha value is -2.68. The quantitative estimate of drug-likeness (QED) is 0.638. The van der Waals surface area contributed by atoms with E-state index in [1.54, 1.807) is 30.5 Å². The molecule has 0 bridgehead atoms. The van der Waals surface area contributed by atoms with Gasteiger partial charge in [0.1, 0.15) is 0 Å². The maximum Gasteiger partial charge on any atom is 0.269 e. The van der Waals surface area contributed by atoms with Crippen LogP contribution in [0.2, 0.25) is 5.02 Å². The van der Waals surface area contributed by atoms with E-state index in [1.165, 1.54) is 38.4 Å². The second kappa shape index (κ2) is 7.51. The van der Waals surface area contributed by atoms with E-state index in [9.17, 15) is 13.2 Å². The highest BCUT2D eigenvalue weighted by molar-refractivity contribution is 7.89. The average molecular weight is 405 g/mol. The van der Waals surface area contributed by atoms with E-state index in [2.05, 4.69) is 15.8 Å². The van der Waals surface area contributed by atoms with E-state index in [-0.39, 0.29) is 10.5 Å². The number of fused-ring (bicyclic) bond motifs is 1. The molecule has 140 valence electrons. The van der Waals surface area contributed by atoms with Crippen LogP contribution in [0.4, 0.5) is 5.69 Å². The number of anilines is 1. The number of benzene rings is 2. The van der Waals surface area contributed by atoms with Crippen molar-refractivity contribution in [2.75, 3.05) is 19.5 Å². The molecule has 0 aliphatic rings. The molecule has 7 nitrogen and oxygen atoms in total. The number of nitrogens with one attached hydrogen (secondary N) is 2. The number of rotatable bonds is 5. The number of aromatic nitrogens is 1. The van der Waals surface area contributed by atoms with Gasteiger partial charge in [0.05, 0.1) is 16.1 Å². The van der Waals surface area contributed by atoms with Gasteiger partial charge in [-0.1, -0.05) is 17.7 Å². The average Bonchev–Trinajstić information content (AvgIpc) is 2.65. The summed E-state index contributed by atoms with van der Waals surface area (Å²) in [6, 6.07) is 12.8. The number of hydrogen-bond acceptors (Lipinski definition) is 5. The Morgan fingerprint density at radius 2 is 1.89 bits per heavy atom. The Kier molecular flexibility index (Phi) is 5.31. The number of pyridine rings is 1. The van der Waals surface area contributed by atoms with Crippen LogP contribution in [0.15, 0.2) is 59.6 Å². The highest BCUT2D eigenvalue weighted by Crippen LogP contribution is 2.24. The van der Waals surface area contributed by atoms with Gasteiger partial charge in [-0.3, -0.25) is 20.6 Å². The summed E-state index contributed by atoms with van der Waals surface area (Å²) in [7, 11) is -0.751. The van der Waals surface area contributed by atoms with Gasteiger partial charge in [0.2, 0.25) is 10.0 Å². The molecular formula is C18H17ClN4O3S. The summed E-state index contributed by atoms with van der Waals surface area (Å²) < 4.78 is 25.5. The van der Waals surface area contributed by atoms with Crippen molar-refractivity contribution in [3.8, 4) is 0 Å². The molecule has 1 amide bonds. The van der Waals surface area contributed by atoms with E-state index >= 15 is 0 Å². The Morgan fingerprint density at radius 3 is 2.63 bits per heavy atom. The molecule has 2 aromatic carbocycles. The summed E-state index contributed by atoms with van der Waals surface area (Å²) >= 11 is 5.97. The van der Waals surface area contributed by atoms with Crippen LogP contribution in [-0.4, -0.2) is 37.7 Å². The molecule has 0 fully saturated rings. The lowest BCUT2D eigenvalue weighted by atomic mass is 10.2. The Labute approximate surface area is 162 Å². The van der Waals surface area contributed by atoms with Crippen LogP contribution in [0.1, 0.15) is 10.4 Å². The van der Waals surface area contributed by atoms with Gasteiger partial charge in [0.25, 0.3) is 5.91 Å². The van der Waals surface area contributed by atoms with Crippen LogP contribution in [0, 0.1) is 0 Å². The third-order valence-corrected chi connectivity index (χ3v) is 5.94. The summed E-state index contributed by atoms with van der Waals surface area (Å²) in [5.74, 6) is -0.468. The van der Waals surface area contributed by atoms with Crippen molar-refractivity contribution in [2.24, 2.45) is 0 Å². The van der Waals surface area contributed by atoms with E-state index in [0.29, 0.717) is 16.2 Å². The van der Waals surface area contributed by atoms with Crippen LogP contribution in [0.25, 0.3) is 10.9 Å². The molecule has 3 rings (SSSR count). The molecule has 0 radical (unpaired) electrons. The monoisotopic (exact) mass is 404 g/mol. The molecular weight excluding hydrogens is 388 g/mol. The van der Waals surface area contributed by atoms with E-state index in [0.717, 1.165) is 9.69 Å². The Balaban J connectivity index is 1.81. The normalized spacial score (nSPS) is 11.6. The number of amides is 1. The number of hydrogen-bond donors (Lipinski definition) is 2. The van der Waals surface area contributed by atoms with Crippen molar-refractivity contribution >= 4 is 44.1 Å². The fourth-order valence-electron chi connectivity index (χ4n) is 2.44. The maximum absolute atomic E-state index is 12.4. The van der Waals surface area contributed by atoms with Gasteiger partial charge in [-0.05, 0) is 42.5 Å². The molecule has 1 aromatic heterocycles. The first-order valence-electron chi connectivity index (χ1n) is 7.92. The van der Waals surface area contributed by atoms with Crippen LogP contribution in [0.3, 0.4) is 0 Å². The smallest absolute Gasteiger partial charge is 0.269 e. The minimum absolute atomic E-state index is 0.0455. The highest BCUT2D eigenvalue weighted by Gasteiger charge is 2.18. The fraction of sp³-hybridized carbons (Fsp3) is 0.111. The summed E-state index contributed by atoms with van der Waals surface area (Å²) in [5.41, 5.74) is 6.95. The van der Waals surface area contributed by atoms with Gasteiger partial charge < -0.3 is 0 Å². The van der Waals surface area contributed by atoms with Crippen LogP contribution in [0.5, 0.6) is 0 Å². The summed E-state index contributed by atoms with van der Waals surface area (Å²) in [4.78, 5) is 16.7. The largest absolute Gasteiger partial charge is 0.298 e. The summed E-state index contributed by atoms with van der Waals surface area (Å²) in [6.45, 7) is 0. The van der Waals surface area contributed by atoms with E-state index in [4.69, 9.17) is 11.6 Å². The SMILES string of the molecule is CN(C)S(=O)(=O)c1cccc(C(=O)NNc2ccnc3cc(Cl)ccc23)c1. The second-order valence-corrected chi connectivity index (χ2v) is 8.50. The van der Waals surface area contributed by atoms with Crippen molar-refractivity contribution in [3.63, 3.8) is 0 Å². The van der Waals surface area contributed by atoms with Crippen molar-refractivity contribution in [1.82, 2.24) is 14.7 Å². The highest BCUT2D eigenvalue weighted by atomic mass is 35.5. The van der Waals surface area contributed by atoms with Gasteiger partial charge in [-0.2, -0.15) is 0 Å². The third-order valence-electron chi connectivity index (χ3n) is 3.89. The summed E-state index contributed by atoms with van der Waals surface area (Å²) in [6.07, 6.45) is 1.59. The minimum atomic E-state index is -3.62. The molecule has 0 aliphatic heterocycles. The second-order valence-electron chi connectivity index (χ2n) is 5.91. The summed E-state index contributed by atoms with van der Waals surface area (Å²) in [5, 5.41) is 1.35. The standard InChI is InChI=1S/C18H17ClN4O3S/c1-23(2)27(25,26)14-5-3-4-12(10-14)18(24)22-21-16-8-9-20-17-11-13(19)6-7-15(16)17/h3-11H,1-2H3,(H,20,21)(H,22,24). The molecule has 0 saturated carbocycles. The third kappa shape index (κ3) is 4.02. The van der Waals surface area contributed by atoms with Crippen LogP contribution in [-0.2, 0) is 10.0 Å². The first-order valence-corrected chi connectivity index (χ1v) is 9.74. The zero-order valence-electron chi connectivity index (χ0n) is 14.6. The van der Waals surface area contributed by atoms with Crippen molar-refractivity contribution in [2.45, 2.75) is 4.90 Å². The number of halogens is 1. The number of sulfonamides is 1. The predicted molar refractivity (Wildman–Crippen MR) is 105 cm³/mol. The molecule has 0 aliphatic carbocycles. The molecule has 0 atom stereocenters. The maximum atomic E-state index is 12.4. The Morgan fingerprint density at radius 1 is 1.11 bits per heavy atom. The van der Waals surface area contributed by atoms with Gasteiger partial charge >= 0.3 is 0 Å². The first kappa shape index (κ1) is 19.1. The number of hydrazine groups is 1. The van der Waals surface area contributed by atoms with Gasteiger partial charge in [-0.25, -0.2) is 12.7 Å². The molecule has 3 aromatic rings. The molecule has 2 N–H and O–H groups in total. The van der Waals surface area contributed by atoms with Gasteiger partial charge in [-0.15, -0.1) is 0 Å². The predicted octanol–water partition coefficient (Wildman–Crippen LogP) is 2.90.